The molecule has 0 aromatic carbocycles. The van der Waals surface area contributed by atoms with E-state index < -0.39 is 6.10 Å². The first-order chi connectivity index (χ1) is 11.4. The molecule has 0 aliphatic carbocycles. The van der Waals surface area contributed by atoms with Gasteiger partial charge in [-0.25, -0.2) is 0 Å². The summed E-state index contributed by atoms with van der Waals surface area (Å²) in [5.74, 6) is -0.147. The van der Waals surface area contributed by atoms with Gasteiger partial charge in [0.2, 0.25) is 5.91 Å². The molecule has 1 saturated heterocycles. The molecule has 1 aliphatic heterocycles. The van der Waals surface area contributed by atoms with Crippen LogP contribution in [0, 0.1) is 19.8 Å². The van der Waals surface area contributed by atoms with Gasteiger partial charge in [-0.2, -0.15) is 0 Å². The molecule has 1 aliphatic rings. The number of ether oxygens (including phenoxy) is 2. The van der Waals surface area contributed by atoms with E-state index in [0.717, 1.165) is 30.7 Å². The van der Waals surface area contributed by atoms with Crippen LogP contribution in [0.5, 0.6) is 0 Å². The van der Waals surface area contributed by atoms with Crippen molar-refractivity contribution in [2.24, 2.45) is 5.92 Å². The number of H-pyrrole nitrogens is 1. The molecule has 134 valence electrons. The van der Waals surface area contributed by atoms with Crippen molar-refractivity contribution in [3.05, 3.63) is 33.2 Å². The Hall–Kier alpha value is -1.66. The van der Waals surface area contributed by atoms with Crippen LogP contribution >= 0.6 is 0 Å². The lowest BCUT2D eigenvalue weighted by atomic mass is 10.1. The minimum atomic E-state index is -0.543. The Morgan fingerprint density at radius 3 is 2.79 bits per heavy atom. The van der Waals surface area contributed by atoms with Crippen LogP contribution in [-0.4, -0.2) is 36.3 Å². The van der Waals surface area contributed by atoms with Gasteiger partial charge >= 0.3 is 0 Å². The summed E-state index contributed by atoms with van der Waals surface area (Å²) in [6.45, 7) is 9.00. The summed E-state index contributed by atoms with van der Waals surface area (Å²) in [6.07, 6.45) is 1.56. The molecular formula is C18H28N2O4. The summed E-state index contributed by atoms with van der Waals surface area (Å²) in [5.41, 5.74) is 2.11. The number of rotatable bonds is 7. The second-order valence-corrected chi connectivity index (χ2v) is 6.79. The van der Waals surface area contributed by atoms with Crippen LogP contribution in [0.2, 0.25) is 0 Å². The Kier molecular flexibility index (Phi) is 6.57. The molecule has 6 heteroatoms. The lowest BCUT2D eigenvalue weighted by molar-refractivity contribution is -0.138. The standard InChI is InChI=1S/C18H28N2O4/c1-11(2)16(24-10-14-6-5-7-23-14)18(22)19-9-15-12(3)8-13(4)20-17(15)21/h8,11,14,16H,5-7,9-10H2,1-4H3,(H,19,22)(H,20,21)/t14-,16+/m1/s1. The molecule has 1 aromatic heterocycles. The van der Waals surface area contributed by atoms with E-state index in [-0.39, 0.29) is 30.0 Å². The van der Waals surface area contributed by atoms with Crippen molar-refractivity contribution in [2.75, 3.05) is 13.2 Å². The second-order valence-electron chi connectivity index (χ2n) is 6.79. The van der Waals surface area contributed by atoms with Gasteiger partial charge in [0, 0.05) is 24.4 Å². The van der Waals surface area contributed by atoms with Crippen molar-refractivity contribution < 1.29 is 14.3 Å². The van der Waals surface area contributed by atoms with E-state index in [1.54, 1.807) is 0 Å². The Morgan fingerprint density at radius 1 is 1.46 bits per heavy atom. The van der Waals surface area contributed by atoms with Gasteiger partial charge < -0.3 is 19.8 Å². The van der Waals surface area contributed by atoms with Crippen molar-refractivity contribution in [2.45, 2.75) is 59.3 Å². The van der Waals surface area contributed by atoms with E-state index in [4.69, 9.17) is 9.47 Å². The van der Waals surface area contributed by atoms with Crippen molar-refractivity contribution >= 4 is 5.91 Å². The SMILES string of the molecule is Cc1cc(C)c(CNC(=O)[C@@H](OC[C@H]2CCCO2)C(C)C)c(=O)[nH]1. The maximum absolute atomic E-state index is 12.5. The molecule has 1 aromatic rings. The topological polar surface area (TPSA) is 80.4 Å². The Labute approximate surface area is 142 Å². The van der Waals surface area contributed by atoms with E-state index in [9.17, 15) is 9.59 Å². The van der Waals surface area contributed by atoms with E-state index in [1.165, 1.54) is 0 Å². The van der Waals surface area contributed by atoms with Crippen LogP contribution in [0.25, 0.3) is 0 Å². The molecule has 2 atom stereocenters. The minimum Gasteiger partial charge on any atom is -0.376 e. The lowest BCUT2D eigenvalue weighted by Crippen LogP contribution is -2.41. The molecule has 0 bridgehead atoms. The summed E-state index contributed by atoms with van der Waals surface area (Å²) in [4.78, 5) is 27.2. The van der Waals surface area contributed by atoms with Crippen molar-refractivity contribution in [1.82, 2.24) is 10.3 Å². The Balaban J connectivity index is 1.94. The number of nitrogens with one attached hydrogen (secondary N) is 2. The van der Waals surface area contributed by atoms with Gasteiger partial charge in [0.1, 0.15) is 6.10 Å². The first-order valence-corrected chi connectivity index (χ1v) is 8.58. The highest BCUT2D eigenvalue weighted by Crippen LogP contribution is 2.15. The molecule has 6 nitrogen and oxygen atoms in total. The number of hydrogen-bond donors (Lipinski definition) is 2. The summed E-state index contributed by atoms with van der Waals surface area (Å²) >= 11 is 0. The van der Waals surface area contributed by atoms with Gasteiger partial charge in [-0.3, -0.25) is 9.59 Å². The highest BCUT2D eigenvalue weighted by molar-refractivity contribution is 5.81. The molecule has 0 unspecified atom stereocenters. The van der Waals surface area contributed by atoms with Crippen LogP contribution in [0.4, 0.5) is 0 Å². The van der Waals surface area contributed by atoms with E-state index in [2.05, 4.69) is 10.3 Å². The maximum atomic E-state index is 12.5. The number of aromatic amines is 1. The van der Waals surface area contributed by atoms with Crippen LogP contribution < -0.4 is 10.9 Å². The third kappa shape index (κ3) is 4.92. The van der Waals surface area contributed by atoms with Crippen LogP contribution in [0.1, 0.15) is 43.5 Å². The number of amides is 1. The summed E-state index contributed by atoms with van der Waals surface area (Å²) in [7, 11) is 0. The molecule has 0 saturated carbocycles. The van der Waals surface area contributed by atoms with E-state index in [0.29, 0.717) is 12.2 Å². The second kappa shape index (κ2) is 8.44. The Bertz CT molecular complexity index is 618. The zero-order chi connectivity index (χ0) is 17.7. The first kappa shape index (κ1) is 18.7. The number of aromatic nitrogens is 1. The third-order valence-corrected chi connectivity index (χ3v) is 4.28. The van der Waals surface area contributed by atoms with Crippen molar-refractivity contribution in [3.63, 3.8) is 0 Å². The summed E-state index contributed by atoms with van der Waals surface area (Å²) < 4.78 is 11.3. The molecule has 0 spiro atoms. The normalized spacial score (nSPS) is 18.8. The fraction of sp³-hybridized carbons (Fsp3) is 0.667. The van der Waals surface area contributed by atoms with E-state index in [1.807, 2.05) is 33.8 Å². The monoisotopic (exact) mass is 336 g/mol. The summed E-state index contributed by atoms with van der Waals surface area (Å²) in [6, 6.07) is 1.90. The molecule has 1 fully saturated rings. The molecule has 0 radical (unpaired) electrons. The van der Waals surface area contributed by atoms with Gasteiger partial charge in [-0.05, 0) is 44.2 Å². The van der Waals surface area contributed by atoms with Gasteiger partial charge in [0.15, 0.2) is 0 Å². The fourth-order valence-electron chi connectivity index (χ4n) is 2.94. The van der Waals surface area contributed by atoms with Gasteiger partial charge in [0.25, 0.3) is 5.56 Å². The zero-order valence-electron chi connectivity index (χ0n) is 15.0. The minimum absolute atomic E-state index is 0.0452. The number of pyridine rings is 1. The first-order valence-electron chi connectivity index (χ1n) is 8.58. The maximum Gasteiger partial charge on any atom is 0.253 e. The predicted molar refractivity (Wildman–Crippen MR) is 91.9 cm³/mol. The van der Waals surface area contributed by atoms with E-state index >= 15 is 0 Å². The molecule has 24 heavy (non-hydrogen) atoms. The van der Waals surface area contributed by atoms with Gasteiger partial charge in [0.05, 0.1) is 12.7 Å². The lowest BCUT2D eigenvalue weighted by Gasteiger charge is -2.22. The fourth-order valence-corrected chi connectivity index (χ4v) is 2.94. The van der Waals surface area contributed by atoms with Crippen LogP contribution in [-0.2, 0) is 20.8 Å². The number of carbonyl (C=O) groups excluding carboxylic acids is 1. The quantitative estimate of drug-likeness (QED) is 0.796. The molecule has 1 amide bonds. The number of aryl methyl sites for hydroxylation is 2. The summed E-state index contributed by atoms with van der Waals surface area (Å²) in [5, 5.41) is 2.83. The Morgan fingerprint density at radius 2 is 2.21 bits per heavy atom. The van der Waals surface area contributed by atoms with Crippen molar-refractivity contribution in [3.8, 4) is 0 Å². The molecule has 2 heterocycles. The molecular weight excluding hydrogens is 308 g/mol. The molecule has 2 N–H and O–H groups in total. The molecule has 2 rings (SSSR count). The zero-order valence-corrected chi connectivity index (χ0v) is 15.0. The van der Waals surface area contributed by atoms with Crippen LogP contribution in [0.15, 0.2) is 10.9 Å². The smallest absolute Gasteiger partial charge is 0.253 e. The largest absolute Gasteiger partial charge is 0.376 e. The van der Waals surface area contributed by atoms with Gasteiger partial charge in [-0.15, -0.1) is 0 Å². The highest BCUT2D eigenvalue weighted by Gasteiger charge is 2.26. The average molecular weight is 336 g/mol. The van der Waals surface area contributed by atoms with Gasteiger partial charge in [-0.1, -0.05) is 13.8 Å². The number of carbonyl (C=O) groups is 1. The average Bonchev–Trinajstić information content (AvgIpc) is 2.99. The van der Waals surface area contributed by atoms with Crippen LogP contribution in [0.3, 0.4) is 0 Å². The van der Waals surface area contributed by atoms with Crippen molar-refractivity contribution in [1.29, 1.82) is 0 Å². The predicted octanol–water partition coefficient (Wildman–Crippen LogP) is 1.83. The highest BCUT2D eigenvalue weighted by atomic mass is 16.5. The third-order valence-electron chi connectivity index (χ3n) is 4.28. The number of hydrogen-bond acceptors (Lipinski definition) is 4.